The molecule has 0 radical (unpaired) electrons. The molecule has 1 saturated heterocycles. The summed E-state index contributed by atoms with van der Waals surface area (Å²) in [6.45, 7) is 6.69. The molecule has 0 spiro atoms. The minimum atomic E-state index is -0.577. The Hall–Kier alpha value is -2.89. The molecule has 1 amide bonds. The number of benzene rings is 3. The van der Waals surface area contributed by atoms with Crippen LogP contribution in [0.5, 0.6) is 5.75 Å². The van der Waals surface area contributed by atoms with Crippen LogP contribution in [-0.4, -0.2) is 43.2 Å². The van der Waals surface area contributed by atoms with Gasteiger partial charge in [0.2, 0.25) is 0 Å². The van der Waals surface area contributed by atoms with Crippen LogP contribution in [0.2, 0.25) is 0 Å². The molecule has 1 aliphatic rings. The van der Waals surface area contributed by atoms with Gasteiger partial charge in [-0.2, -0.15) is 0 Å². The van der Waals surface area contributed by atoms with Crippen molar-refractivity contribution in [2.75, 3.05) is 26.3 Å². The van der Waals surface area contributed by atoms with Crippen molar-refractivity contribution in [2.45, 2.75) is 26.1 Å². The summed E-state index contributed by atoms with van der Waals surface area (Å²) < 4.78 is 11.4. The van der Waals surface area contributed by atoms with Crippen molar-refractivity contribution < 1.29 is 14.3 Å². The summed E-state index contributed by atoms with van der Waals surface area (Å²) in [7, 11) is 0. The topological polar surface area (TPSA) is 50.8 Å². The van der Waals surface area contributed by atoms with Crippen molar-refractivity contribution in [3.05, 3.63) is 77.9 Å². The minimum Gasteiger partial charge on any atom is -0.480 e. The Balaban J connectivity index is 1.33. The molecule has 0 unspecified atom stereocenters. The number of amides is 1. The van der Waals surface area contributed by atoms with Crippen molar-refractivity contribution in [3.8, 4) is 5.75 Å². The average Bonchev–Trinajstić information content (AvgIpc) is 2.78. The highest BCUT2D eigenvalue weighted by Crippen LogP contribution is 2.26. The molecule has 0 aliphatic carbocycles. The van der Waals surface area contributed by atoms with Crippen LogP contribution in [0.25, 0.3) is 10.8 Å². The fourth-order valence-electron chi connectivity index (χ4n) is 3.73. The summed E-state index contributed by atoms with van der Waals surface area (Å²) in [4.78, 5) is 15.0. The molecule has 0 bridgehead atoms. The second kappa shape index (κ2) is 9.74. The van der Waals surface area contributed by atoms with E-state index in [1.54, 1.807) is 6.92 Å². The molecule has 4 rings (SSSR count). The lowest BCUT2D eigenvalue weighted by Crippen LogP contribution is -2.36. The number of nitrogens with zero attached hydrogens (tertiary/aromatic N) is 1. The molecule has 1 fully saturated rings. The molecule has 3 aromatic rings. The summed E-state index contributed by atoms with van der Waals surface area (Å²) in [6, 6.07) is 22.3. The quantitative estimate of drug-likeness (QED) is 0.652. The van der Waals surface area contributed by atoms with Gasteiger partial charge in [0, 0.05) is 31.6 Å². The van der Waals surface area contributed by atoms with Gasteiger partial charge in [-0.05, 0) is 29.5 Å². The smallest absolute Gasteiger partial charge is 0.261 e. The van der Waals surface area contributed by atoms with Gasteiger partial charge in [-0.3, -0.25) is 9.69 Å². The van der Waals surface area contributed by atoms with Crippen molar-refractivity contribution in [3.63, 3.8) is 0 Å². The first-order valence-corrected chi connectivity index (χ1v) is 10.5. The van der Waals surface area contributed by atoms with Crippen molar-refractivity contribution in [2.24, 2.45) is 0 Å². The highest BCUT2D eigenvalue weighted by atomic mass is 16.5. The zero-order valence-corrected chi connectivity index (χ0v) is 17.3. The molecule has 1 heterocycles. The third-order valence-corrected chi connectivity index (χ3v) is 5.39. The summed E-state index contributed by atoms with van der Waals surface area (Å²) in [6.07, 6.45) is -0.577. The van der Waals surface area contributed by atoms with Gasteiger partial charge in [0.25, 0.3) is 5.91 Å². The largest absolute Gasteiger partial charge is 0.480 e. The average molecular weight is 405 g/mol. The third kappa shape index (κ3) is 5.17. The van der Waals surface area contributed by atoms with Crippen LogP contribution < -0.4 is 10.1 Å². The van der Waals surface area contributed by atoms with Crippen LogP contribution in [0.4, 0.5) is 0 Å². The zero-order valence-electron chi connectivity index (χ0n) is 17.3. The normalized spacial score (nSPS) is 15.6. The van der Waals surface area contributed by atoms with Gasteiger partial charge in [0.05, 0.1) is 13.2 Å². The SMILES string of the molecule is C[C@@H](Oc1cccc2ccccc12)C(=O)NCc1cccc(CN2CCOCC2)c1. The molecule has 30 heavy (non-hydrogen) atoms. The van der Waals surface area contributed by atoms with Crippen LogP contribution in [0.15, 0.2) is 66.7 Å². The maximum absolute atomic E-state index is 12.6. The number of hydrogen-bond donors (Lipinski definition) is 1. The molecule has 1 N–H and O–H groups in total. The number of morpholine rings is 1. The van der Waals surface area contributed by atoms with Crippen molar-refractivity contribution in [1.82, 2.24) is 10.2 Å². The summed E-state index contributed by atoms with van der Waals surface area (Å²) in [5.41, 5.74) is 2.34. The monoisotopic (exact) mass is 404 g/mol. The molecule has 1 aliphatic heterocycles. The van der Waals surface area contributed by atoms with E-state index in [9.17, 15) is 4.79 Å². The fourth-order valence-corrected chi connectivity index (χ4v) is 3.73. The number of rotatable bonds is 7. The fraction of sp³-hybridized carbons (Fsp3) is 0.320. The van der Waals surface area contributed by atoms with E-state index in [1.165, 1.54) is 5.56 Å². The molecule has 156 valence electrons. The van der Waals surface area contributed by atoms with Gasteiger partial charge >= 0.3 is 0 Å². The Morgan fingerprint density at radius 1 is 1.03 bits per heavy atom. The van der Waals surface area contributed by atoms with E-state index in [2.05, 4.69) is 22.3 Å². The standard InChI is InChI=1S/C25H28N2O3/c1-19(30-24-11-5-9-22-8-2-3-10-23(22)24)25(28)26-17-20-6-4-7-21(16-20)18-27-12-14-29-15-13-27/h2-11,16,19H,12-15,17-18H2,1H3,(H,26,28)/t19-/m1/s1. The van der Waals surface area contributed by atoms with E-state index in [4.69, 9.17) is 9.47 Å². The lowest BCUT2D eigenvalue weighted by Gasteiger charge is -2.26. The Bertz CT molecular complexity index is 993. The second-order valence-corrected chi connectivity index (χ2v) is 7.66. The maximum Gasteiger partial charge on any atom is 0.261 e. The summed E-state index contributed by atoms with van der Waals surface area (Å²) in [5, 5.41) is 5.11. The maximum atomic E-state index is 12.6. The highest BCUT2D eigenvalue weighted by Gasteiger charge is 2.16. The van der Waals surface area contributed by atoms with E-state index in [1.807, 2.05) is 54.6 Å². The number of nitrogens with one attached hydrogen (secondary N) is 1. The van der Waals surface area contributed by atoms with E-state index in [-0.39, 0.29) is 5.91 Å². The lowest BCUT2D eigenvalue weighted by atomic mass is 10.1. The predicted octanol–water partition coefficient (Wildman–Crippen LogP) is 3.76. The van der Waals surface area contributed by atoms with Crippen molar-refractivity contribution >= 4 is 16.7 Å². The lowest BCUT2D eigenvalue weighted by molar-refractivity contribution is -0.127. The zero-order chi connectivity index (χ0) is 20.8. The molecule has 1 atom stereocenters. The number of ether oxygens (including phenoxy) is 2. The Labute approximate surface area is 177 Å². The molecular formula is C25H28N2O3. The van der Waals surface area contributed by atoms with Crippen LogP contribution in [0, 0.1) is 0 Å². The van der Waals surface area contributed by atoms with Gasteiger partial charge in [-0.15, -0.1) is 0 Å². The van der Waals surface area contributed by atoms with E-state index in [0.29, 0.717) is 6.54 Å². The van der Waals surface area contributed by atoms with Gasteiger partial charge in [0.15, 0.2) is 6.10 Å². The molecule has 0 aromatic heterocycles. The van der Waals surface area contributed by atoms with Gasteiger partial charge in [0.1, 0.15) is 5.75 Å². The van der Waals surface area contributed by atoms with E-state index >= 15 is 0 Å². The highest BCUT2D eigenvalue weighted by molar-refractivity contribution is 5.89. The molecule has 5 nitrogen and oxygen atoms in total. The first kappa shape index (κ1) is 20.4. The first-order valence-electron chi connectivity index (χ1n) is 10.5. The second-order valence-electron chi connectivity index (χ2n) is 7.66. The number of hydrogen-bond acceptors (Lipinski definition) is 4. The molecule has 5 heteroatoms. The van der Waals surface area contributed by atoms with E-state index in [0.717, 1.165) is 54.9 Å². The first-order chi connectivity index (χ1) is 14.7. The molecule has 3 aromatic carbocycles. The van der Waals surface area contributed by atoms with Gasteiger partial charge in [-0.25, -0.2) is 0 Å². The summed E-state index contributed by atoms with van der Waals surface area (Å²) in [5.74, 6) is 0.602. The van der Waals surface area contributed by atoms with Gasteiger partial charge < -0.3 is 14.8 Å². The number of carbonyl (C=O) groups is 1. The molecule has 0 saturated carbocycles. The van der Waals surface area contributed by atoms with Crippen LogP contribution in [-0.2, 0) is 22.6 Å². The van der Waals surface area contributed by atoms with Gasteiger partial charge in [-0.1, -0.05) is 60.7 Å². The van der Waals surface area contributed by atoms with Crippen LogP contribution in [0.3, 0.4) is 0 Å². The predicted molar refractivity (Wildman–Crippen MR) is 118 cm³/mol. The number of carbonyl (C=O) groups excluding carboxylic acids is 1. The van der Waals surface area contributed by atoms with E-state index < -0.39 is 6.10 Å². The summed E-state index contributed by atoms with van der Waals surface area (Å²) >= 11 is 0. The third-order valence-electron chi connectivity index (χ3n) is 5.39. The van der Waals surface area contributed by atoms with Crippen LogP contribution in [0.1, 0.15) is 18.1 Å². The number of fused-ring (bicyclic) bond motifs is 1. The molecular weight excluding hydrogens is 376 g/mol. The van der Waals surface area contributed by atoms with Crippen LogP contribution >= 0.6 is 0 Å². The Morgan fingerprint density at radius 2 is 1.77 bits per heavy atom. The minimum absolute atomic E-state index is 0.124. The van der Waals surface area contributed by atoms with Crippen molar-refractivity contribution in [1.29, 1.82) is 0 Å². The Kier molecular flexibility index (Phi) is 6.62. The Morgan fingerprint density at radius 3 is 2.63 bits per heavy atom.